The van der Waals surface area contributed by atoms with Crippen molar-refractivity contribution < 1.29 is 15.3 Å². The third-order valence-corrected chi connectivity index (χ3v) is 2.95. The summed E-state index contributed by atoms with van der Waals surface area (Å²) < 4.78 is 0. The fourth-order valence-electron chi connectivity index (χ4n) is 1.99. The lowest BCUT2D eigenvalue weighted by molar-refractivity contribution is 0.0575. The second kappa shape index (κ2) is 4.70. The molecule has 2 aromatic carbocycles. The molecule has 0 saturated carbocycles. The molecule has 0 aromatic heterocycles. The minimum atomic E-state index is -1.04. The molecule has 0 fully saturated rings. The standard InChI is InChI=1S/C15H16O3/c1-15(18,12-5-7-13(16)8-6-12)10-11-3-2-4-14(17)9-11/h2-9,16-18H,10H2,1H3. The summed E-state index contributed by atoms with van der Waals surface area (Å²) in [5, 5.41) is 29.1. The first-order valence-corrected chi connectivity index (χ1v) is 5.77. The molecule has 2 aromatic rings. The minimum Gasteiger partial charge on any atom is -0.508 e. The molecular formula is C15H16O3. The third-order valence-electron chi connectivity index (χ3n) is 2.95. The summed E-state index contributed by atoms with van der Waals surface area (Å²) in [5.41, 5.74) is 0.540. The topological polar surface area (TPSA) is 60.7 Å². The van der Waals surface area contributed by atoms with Crippen molar-refractivity contribution in [2.45, 2.75) is 18.9 Å². The molecule has 1 atom stereocenters. The van der Waals surface area contributed by atoms with Gasteiger partial charge in [-0.25, -0.2) is 0 Å². The lowest BCUT2D eigenvalue weighted by Crippen LogP contribution is -2.24. The smallest absolute Gasteiger partial charge is 0.115 e. The molecule has 0 aliphatic heterocycles. The van der Waals surface area contributed by atoms with Gasteiger partial charge in [-0.15, -0.1) is 0 Å². The van der Waals surface area contributed by atoms with Gasteiger partial charge in [-0.1, -0.05) is 24.3 Å². The molecule has 0 bridgehead atoms. The Balaban J connectivity index is 2.23. The van der Waals surface area contributed by atoms with E-state index in [0.717, 1.165) is 11.1 Å². The zero-order valence-corrected chi connectivity index (χ0v) is 10.2. The average Bonchev–Trinajstić information content (AvgIpc) is 2.29. The molecule has 2 rings (SSSR count). The van der Waals surface area contributed by atoms with Crippen LogP contribution in [0.5, 0.6) is 11.5 Å². The largest absolute Gasteiger partial charge is 0.508 e. The number of phenols is 2. The second-order valence-corrected chi connectivity index (χ2v) is 4.67. The molecule has 94 valence electrons. The molecule has 3 nitrogen and oxygen atoms in total. The van der Waals surface area contributed by atoms with Crippen molar-refractivity contribution in [1.82, 2.24) is 0 Å². The molecule has 18 heavy (non-hydrogen) atoms. The highest BCUT2D eigenvalue weighted by atomic mass is 16.3. The van der Waals surface area contributed by atoms with Gasteiger partial charge in [-0.05, 0) is 42.3 Å². The number of benzene rings is 2. The predicted octanol–water partition coefficient (Wildman–Crippen LogP) is 2.55. The van der Waals surface area contributed by atoms with Crippen molar-refractivity contribution in [3.8, 4) is 11.5 Å². The van der Waals surface area contributed by atoms with Gasteiger partial charge in [-0.3, -0.25) is 0 Å². The van der Waals surface area contributed by atoms with Gasteiger partial charge in [0.2, 0.25) is 0 Å². The minimum absolute atomic E-state index is 0.173. The Kier molecular flexibility index (Phi) is 3.26. The number of rotatable bonds is 3. The van der Waals surface area contributed by atoms with Crippen LogP contribution < -0.4 is 0 Å². The maximum Gasteiger partial charge on any atom is 0.115 e. The van der Waals surface area contributed by atoms with Gasteiger partial charge in [0, 0.05) is 6.42 Å². The van der Waals surface area contributed by atoms with E-state index >= 15 is 0 Å². The van der Waals surface area contributed by atoms with E-state index in [0.29, 0.717) is 6.42 Å². The predicted molar refractivity (Wildman–Crippen MR) is 69.5 cm³/mol. The van der Waals surface area contributed by atoms with E-state index in [4.69, 9.17) is 0 Å². The van der Waals surface area contributed by atoms with E-state index in [1.165, 1.54) is 0 Å². The van der Waals surface area contributed by atoms with Crippen LogP contribution >= 0.6 is 0 Å². The van der Waals surface area contributed by atoms with Crippen molar-refractivity contribution in [2.75, 3.05) is 0 Å². The second-order valence-electron chi connectivity index (χ2n) is 4.67. The average molecular weight is 244 g/mol. The number of hydrogen-bond acceptors (Lipinski definition) is 3. The SMILES string of the molecule is CC(O)(Cc1cccc(O)c1)c1ccc(O)cc1. The van der Waals surface area contributed by atoms with Crippen LogP contribution in [0.3, 0.4) is 0 Å². The monoisotopic (exact) mass is 244 g/mol. The highest BCUT2D eigenvalue weighted by Gasteiger charge is 2.23. The van der Waals surface area contributed by atoms with Crippen molar-refractivity contribution in [3.05, 3.63) is 59.7 Å². The van der Waals surface area contributed by atoms with Crippen molar-refractivity contribution in [1.29, 1.82) is 0 Å². The van der Waals surface area contributed by atoms with E-state index in [1.54, 1.807) is 49.4 Å². The number of aromatic hydroxyl groups is 2. The first kappa shape index (κ1) is 12.5. The summed E-state index contributed by atoms with van der Waals surface area (Å²) >= 11 is 0. The Labute approximate surface area is 106 Å². The van der Waals surface area contributed by atoms with Crippen molar-refractivity contribution in [3.63, 3.8) is 0 Å². The number of hydrogen-bond donors (Lipinski definition) is 3. The quantitative estimate of drug-likeness (QED) is 0.777. The summed E-state index contributed by atoms with van der Waals surface area (Å²) in [4.78, 5) is 0. The van der Waals surface area contributed by atoms with Crippen LogP contribution in [0.15, 0.2) is 48.5 Å². The Bertz CT molecular complexity index is 530. The van der Waals surface area contributed by atoms with Gasteiger partial charge in [0.15, 0.2) is 0 Å². The first-order chi connectivity index (χ1) is 8.47. The van der Waals surface area contributed by atoms with E-state index in [1.807, 2.05) is 6.07 Å². The van der Waals surface area contributed by atoms with Crippen LogP contribution in [0.25, 0.3) is 0 Å². The maximum absolute atomic E-state index is 10.5. The highest BCUT2D eigenvalue weighted by Crippen LogP contribution is 2.27. The molecule has 3 heteroatoms. The summed E-state index contributed by atoms with van der Waals surface area (Å²) in [5.74, 6) is 0.362. The Morgan fingerprint density at radius 3 is 2.22 bits per heavy atom. The lowest BCUT2D eigenvalue weighted by atomic mass is 9.89. The van der Waals surface area contributed by atoms with Crippen molar-refractivity contribution in [2.24, 2.45) is 0 Å². The number of aliphatic hydroxyl groups is 1. The molecule has 3 N–H and O–H groups in total. The van der Waals surface area contributed by atoms with Gasteiger partial charge in [0.05, 0.1) is 5.60 Å². The highest BCUT2D eigenvalue weighted by molar-refractivity contribution is 5.33. The molecule has 0 aliphatic rings. The lowest BCUT2D eigenvalue weighted by Gasteiger charge is -2.24. The summed E-state index contributed by atoms with van der Waals surface area (Å²) in [7, 11) is 0. The molecule has 0 saturated heterocycles. The van der Waals surface area contributed by atoms with Gasteiger partial charge >= 0.3 is 0 Å². The third kappa shape index (κ3) is 2.81. The van der Waals surface area contributed by atoms with Crippen LogP contribution in [0.1, 0.15) is 18.1 Å². The van der Waals surface area contributed by atoms with Crippen LogP contribution in [0.2, 0.25) is 0 Å². The summed E-state index contributed by atoms with van der Waals surface area (Å²) in [6, 6.07) is 13.3. The Morgan fingerprint density at radius 1 is 0.944 bits per heavy atom. The molecule has 0 heterocycles. The van der Waals surface area contributed by atoms with E-state index in [-0.39, 0.29) is 11.5 Å². The first-order valence-electron chi connectivity index (χ1n) is 5.77. The van der Waals surface area contributed by atoms with Gasteiger partial charge in [-0.2, -0.15) is 0 Å². The molecule has 0 spiro atoms. The zero-order chi connectivity index (χ0) is 13.2. The molecule has 0 radical (unpaired) electrons. The molecule has 1 unspecified atom stereocenters. The molecule has 0 amide bonds. The molecular weight excluding hydrogens is 228 g/mol. The Hall–Kier alpha value is -2.00. The van der Waals surface area contributed by atoms with Crippen LogP contribution in [-0.2, 0) is 12.0 Å². The summed E-state index contributed by atoms with van der Waals surface area (Å²) in [6.07, 6.45) is 0.395. The van der Waals surface area contributed by atoms with Gasteiger partial charge in [0.1, 0.15) is 11.5 Å². The van der Waals surface area contributed by atoms with Crippen LogP contribution in [-0.4, -0.2) is 15.3 Å². The Morgan fingerprint density at radius 2 is 1.61 bits per heavy atom. The van der Waals surface area contributed by atoms with Crippen LogP contribution in [0.4, 0.5) is 0 Å². The fraction of sp³-hybridized carbons (Fsp3) is 0.200. The summed E-state index contributed by atoms with van der Waals surface area (Å²) in [6.45, 7) is 1.71. The van der Waals surface area contributed by atoms with Crippen LogP contribution in [0, 0.1) is 0 Å². The number of phenolic OH excluding ortho intramolecular Hbond substituents is 2. The van der Waals surface area contributed by atoms with E-state index < -0.39 is 5.60 Å². The maximum atomic E-state index is 10.5. The zero-order valence-electron chi connectivity index (χ0n) is 10.2. The van der Waals surface area contributed by atoms with E-state index in [9.17, 15) is 15.3 Å². The van der Waals surface area contributed by atoms with E-state index in [2.05, 4.69) is 0 Å². The van der Waals surface area contributed by atoms with Crippen molar-refractivity contribution >= 4 is 0 Å². The van der Waals surface area contributed by atoms with Gasteiger partial charge < -0.3 is 15.3 Å². The van der Waals surface area contributed by atoms with Gasteiger partial charge in [0.25, 0.3) is 0 Å². The normalized spacial score (nSPS) is 14.1. The molecule has 0 aliphatic carbocycles. The fourth-order valence-corrected chi connectivity index (χ4v) is 1.99.